The van der Waals surface area contributed by atoms with Crippen LogP contribution in [0.4, 0.5) is 0 Å². The number of furan rings is 1. The minimum atomic E-state index is 0.827. The van der Waals surface area contributed by atoms with Crippen molar-refractivity contribution < 1.29 is 4.42 Å². The Labute approximate surface area is 502 Å². The lowest BCUT2D eigenvalue weighted by Gasteiger charge is -2.19. The van der Waals surface area contributed by atoms with Crippen molar-refractivity contribution in [2.45, 2.75) is 12.8 Å². The normalized spacial score (nSPS) is 12.3. The lowest BCUT2D eigenvalue weighted by Crippen LogP contribution is -2.06. The van der Waals surface area contributed by atoms with Crippen molar-refractivity contribution in [3.8, 4) is 89.8 Å². The smallest absolute Gasteiger partial charge is 0.159 e. The molecule has 0 bridgehead atoms. The van der Waals surface area contributed by atoms with E-state index in [4.69, 9.17) is 24.4 Å². The van der Waals surface area contributed by atoms with Crippen LogP contribution in [-0.4, -0.2) is 29.1 Å². The Morgan fingerprint density at radius 2 is 0.747 bits per heavy atom. The van der Waals surface area contributed by atoms with Gasteiger partial charge in [-0.25, -0.2) is 0 Å². The average molecular weight is 1110 g/mol. The van der Waals surface area contributed by atoms with Gasteiger partial charge in [-0.15, -0.1) is 0 Å². The largest absolute Gasteiger partial charge is 0.454 e. The first kappa shape index (κ1) is 50.0. The average Bonchev–Trinajstić information content (AvgIpc) is 1.77. The van der Waals surface area contributed by atoms with Gasteiger partial charge in [0.2, 0.25) is 0 Å². The molecule has 17 rings (SSSR count). The van der Waals surface area contributed by atoms with E-state index < -0.39 is 0 Å². The fourth-order valence-corrected chi connectivity index (χ4v) is 13.6. The Morgan fingerprint density at radius 1 is 0.310 bits per heavy atom. The SMILES string of the molecule is C1=C(c2ccccc2-c2ccccn2)CCc2c1c1cc(-c3ccccc3-c3ccccn3)ccc1n2-c1cccc2c1oc1ccc(-n3c4ccc(-c5ccccc5-c5ccccn5)cc4c4cc(-c5ccccc5-c5ccccn5)ccc43)cc12. The lowest BCUT2D eigenvalue weighted by atomic mass is 9.87. The molecule has 0 atom stereocenters. The summed E-state index contributed by atoms with van der Waals surface area (Å²) >= 11 is 0. The number of para-hydroxylation sites is 1. The molecule has 0 spiro atoms. The molecular formula is C80H52N6O. The highest BCUT2D eigenvalue weighted by atomic mass is 16.3. The molecule has 0 unspecified atom stereocenters. The third-order valence-corrected chi connectivity index (χ3v) is 17.5. The van der Waals surface area contributed by atoms with Crippen molar-refractivity contribution in [1.29, 1.82) is 0 Å². The van der Waals surface area contributed by atoms with Crippen LogP contribution < -0.4 is 0 Å². The molecule has 0 saturated heterocycles. The summed E-state index contributed by atoms with van der Waals surface area (Å²) in [5.74, 6) is 0. The molecule has 1 aliphatic carbocycles. The Kier molecular flexibility index (Phi) is 11.9. The highest BCUT2D eigenvalue weighted by molar-refractivity contribution is 6.14. The lowest BCUT2D eigenvalue weighted by molar-refractivity contribution is 0.664. The van der Waals surface area contributed by atoms with Crippen LogP contribution in [-0.2, 0) is 6.42 Å². The van der Waals surface area contributed by atoms with Crippen molar-refractivity contribution in [2.24, 2.45) is 0 Å². The van der Waals surface area contributed by atoms with Gasteiger partial charge in [0.05, 0.1) is 45.0 Å². The van der Waals surface area contributed by atoms with E-state index >= 15 is 0 Å². The van der Waals surface area contributed by atoms with E-state index in [0.717, 1.165) is 152 Å². The van der Waals surface area contributed by atoms with Crippen LogP contribution in [0.25, 0.3) is 156 Å². The monoisotopic (exact) mass is 1110 g/mol. The van der Waals surface area contributed by atoms with E-state index in [0.29, 0.717) is 0 Å². The Balaban J connectivity index is 0.846. The number of hydrogen-bond donors (Lipinski definition) is 0. The van der Waals surface area contributed by atoms with Crippen LogP contribution in [0.5, 0.6) is 0 Å². The third kappa shape index (κ3) is 8.42. The second kappa shape index (κ2) is 20.7. The molecular weight excluding hydrogens is 1060 g/mol. The van der Waals surface area contributed by atoms with Crippen LogP contribution in [0.15, 0.2) is 290 Å². The fourth-order valence-electron chi connectivity index (χ4n) is 13.6. The fraction of sp³-hybridized carbons (Fsp3) is 0.0250. The molecule has 408 valence electrons. The Bertz CT molecular complexity index is 5250. The van der Waals surface area contributed by atoms with Crippen LogP contribution in [0.3, 0.4) is 0 Å². The van der Waals surface area contributed by atoms with E-state index in [2.05, 4.69) is 252 Å². The van der Waals surface area contributed by atoms with Gasteiger partial charge in [0.15, 0.2) is 5.58 Å². The summed E-state index contributed by atoms with van der Waals surface area (Å²) in [4.78, 5) is 19.2. The van der Waals surface area contributed by atoms with Gasteiger partial charge < -0.3 is 13.6 Å². The first-order valence-corrected chi connectivity index (χ1v) is 29.6. The van der Waals surface area contributed by atoms with E-state index in [-0.39, 0.29) is 0 Å². The Morgan fingerprint density at radius 3 is 1.23 bits per heavy atom. The van der Waals surface area contributed by atoms with Crippen molar-refractivity contribution in [1.82, 2.24) is 29.1 Å². The predicted molar refractivity (Wildman–Crippen MR) is 357 cm³/mol. The molecule has 9 aromatic carbocycles. The standard InChI is InChI=1S/C80H52N6O/c1-5-22-60(70-27-9-13-42-81-70)56(18-1)51-32-37-74-65(46-51)66-47-52(57-19-2-6-23-61(57)71-28-10-14-43-82-71)33-38-75(66)85(74)55-36-41-79-69(50-55)64-26-17-31-78(80(64)87-79)86-76-39-34-53(58-20-3-7-24-62(58)72-29-11-15-44-83-72)48-67(76)68-49-54(35-40-77(68)86)59-21-4-8-25-63(59)73-30-12-16-45-84-73/h1-34,36-39,41-50H,35,40H2. The zero-order chi connectivity index (χ0) is 57.4. The van der Waals surface area contributed by atoms with Gasteiger partial charge in [0.1, 0.15) is 5.58 Å². The van der Waals surface area contributed by atoms with Crippen molar-refractivity contribution in [3.63, 3.8) is 0 Å². The summed E-state index contributed by atoms with van der Waals surface area (Å²) in [6, 6.07) is 93.1. The summed E-state index contributed by atoms with van der Waals surface area (Å²) in [6.45, 7) is 0. The zero-order valence-corrected chi connectivity index (χ0v) is 47.2. The number of nitrogens with zero attached hydrogens (tertiary/aromatic N) is 6. The molecule has 0 fully saturated rings. The van der Waals surface area contributed by atoms with Gasteiger partial charge in [-0.1, -0.05) is 152 Å². The van der Waals surface area contributed by atoms with E-state index in [9.17, 15) is 0 Å². The number of fused-ring (bicyclic) bond motifs is 9. The molecule has 0 radical (unpaired) electrons. The second-order valence-electron chi connectivity index (χ2n) is 22.4. The van der Waals surface area contributed by atoms with Crippen molar-refractivity contribution in [3.05, 3.63) is 302 Å². The van der Waals surface area contributed by atoms with Gasteiger partial charge in [0.25, 0.3) is 0 Å². The van der Waals surface area contributed by atoms with E-state index in [1.165, 1.54) is 27.8 Å². The van der Waals surface area contributed by atoms with Gasteiger partial charge in [-0.05, 0) is 173 Å². The third-order valence-electron chi connectivity index (χ3n) is 17.5. The van der Waals surface area contributed by atoms with Crippen LogP contribution in [0.1, 0.15) is 23.2 Å². The number of allylic oxidation sites excluding steroid dienone is 1. The van der Waals surface area contributed by atoms with Gasteiger partial charge in [-0.3, -0.25) is 19.9 Å². The summed E-state index contributed by atoms with van der Waals surface area (Å²) in [5.41, 5.74) is 27.0. The molecule has 7 heteroatoms. The maximum Gasteiger partial charge on any atom is 0.159 e. The van der Waals surface area contributed by atoms with Crippen molar-refractivity contribution >= 4 is 66.3 Å². The maximum absolute atomic E-state index is 7.16. The van der Waals surface area contributed by atoms with Gasteiger partial charge in [0, 0.05) is 90.9 Å². The predicted octanol–water partition coefficient (Wildman–Crippen LogP) is 20.4. The molecule has 7 heterocycles. The number of pyridine rings is 4. The van der Waals surface area contributed by atoms with Crippen LogP contribution in [0, 0.1) is 0 Å². The Hall–Kier alpha value is -11.5. The number of hydrogen-bond acceptors (Lipinski definition) is 5. The van der Waals surface area contributed by atoms with Gasteiger partial charge in [-0.2, -0.15) is 0 Å². The summed E-state index contributed by atoms with van der Waals surface area (Å²) in [6.07, 6.45) is 11.6. The first-order chi connectivity index (χ1) is 43.2. The molecule has 7 aromatic heterocycles. The summed E-state index contributed by atoms with van der Waals surface area (Å²) < 4.78 is 12.1. The summed E-state index contributed by atoms with van der Waals surface area (Å²) in [7, 11) is 0. The molecule has 0 N–H and O–H groups in total. The maximum atomic E-state index is 7.16. The van der Waals surface area contributed by atoms with E-state index in [1.807, 2.05) is 49.1 Å². The minimum absolute atomic E-state index is 0.827. The topological polar surface area (TPSA) is 74.6 Å². The molecule has 87 heavy (non-hydrogen) atoms. The van der Waals surface area contributed by atoms with Crippen molar-refractivity contribution in [2.75, 3.05) is 0 Å². The van der Waals surface area contributed by atoms with Gasteiger partial charge >= 0.3 is 0 Å². The number of rotatable bonds is 10. The molecule has 0 amide bonds. The first-order valence-electron chi connectivity index (χ1n) is 29.6. The quantitative estimate of drug-likeness (QED) is 0.136. The van der Waals surface area contributed by atoms with Crippen LogP contribution in [0.2, 0.25) is 0 Å². The zero-order valence-electron chi connectivity index (χ0n) is 47.2. The van der Waals surface area contributed by atoms with E-state index in [1.54, 1.807) is 0 Å². The number of aromatic nitrogens is 6. The molecule has 16 aromatic rings. The second-order valence-corrected chi connectivity index (χ2v) is 22.4. The highest BCUT2D eigenvalue weighted by Crippen LogP contribution is 2.46. The highest BCUT2D eigenvalue weighted by Gasteiger charge is 2.27. The number of benzene rings is 9. The summed E-state index contributed by atoms with van der Waals surface area (Å²) in [5, 5.41) is 5.59. The minimum Gasteiger partial charge on any atom is -0.454 e. The molecule has 7 nitrogen and oxygen atoms in total. The molecule has 1 aliphatic rings. The molecule has 0 aliphatic heterocycles. The molecule has 0 saturated carbocycles. The van der Waals surface area contributed by atoms with Crippen LogP contribution >= 0.6 is 0 Å².